The average molecular weight is 509 g/mol. The van der Waals surface area contributed by atoms with Crippen molar-refractivity contribution in [2.24, 2.45) is 0 Å². The minimum atomic E-state index is 1.13. The van der Waals surface area contributed by atoms with Gasteiger partial charge in [0.05, 0.1) is 5.69 Å². The molecule has 0 saturated carbocycles. The number of nitrogens with zero attached hydrogens (tertiary/aromatic N) is 1. The largest absolute Gasteiger partial charge is 0.310 e. The number of rotatable bonds is 5. The Balaban J connectivity index is 1.38. The van der Waals surface area contributed by atoms with Crippen molar-refractivity contribution in [1.29, 1.82) is 0 Å². The molecule has 7 aromatic rings. The summed E-state index contributed by atoms with van der Waals surface area (Å²) in [6.07, 6.45) is 0. The molecule has 0 aliphatic carbocycles. The van der Waals surface area contributed by atoms with Gasteiger partial charge in [0, 0.05) is 16.9 Å². The lowest BCUT2D eigenvalue weighted by molar-refractivity contribution is 1.29. The zero-order valence-corrected chi connectivity index (χ0v) is 22.5. The van der Waals surface area contributed by atoms with Crippen LogP contribution in [0.1, 0.15) is 0 Å². The van der Waals surface area contributed by atoms with E-state index in [4.69, 9.17) is 0 Å². The van der Waals surface area contributed by atoms with E-state index in [-0.39, 0.29) is 0 Å². The molecule has 0 bridgehead atoms. The molecule has 7 aromatic carbocycles. The lowest BCUT2D eigenvalue weighted by Gasteiger charge is -2.28. The molecule has 0 unspecified atom stereocenters. The van der Waals surface area contributed by atoms with Crippen molar-refractivity contribution in [3.63, 3.8) is 0 Å². The lowest BCUT2D eigenvalue weighted by Crippen LogP contribution is -2.12. The molecular formula is C38H28BN. The Morgan fingerprint density at radius 3 is 1.70 bits per heavy atom. The van der Waals surface area contributed by atoms with Crippen molar-refractivity contribution in [3.05, 3.63) is 158 Å². The van der Waals surface area contributed by atoms with Gasteiger partial charge in [-0.05, 0) is 74.6 Å². The van der Waals surface area contributed by atoms with Crippen LogP contribution in [0.4, 0.5) is 17.1 Å². The smallest absolute Gasteiger partial charge is 0.139 e. The molecule has 0 spiro atoms. The van der Waals surface area contributed by atoms with E-state index in [1.54, 1.807) is 0 Å². The summed E-state index contributed by atoms with van der Waals surface area (Å²) < 4.78 is 0. The van der Waals surface area contributed by atoms with Crippen LogP contribution in [0.5, 0.6) is 0 Å². The Kier molecular flexibility index (Phi) is 6.14. The standard InChI is InChI=1S/C38H28BN/c39-30-20-24-32(25-21-30)40(38-17-9-8-14-34(38)27-10-2-1-3-11-27)31-22-18-28(19-23-31)37-26-29-12-4-5-13-33(29)35-15-6-7-16-36(35)37/h1-26H,39H2. The first-order chi connectivity index (χ1) is 19.8. The van der Waals surface area contributed by atoms with Crippen molar-refractivity contribution in [2.45, 2.75) is 0 Å². The Labute approximate surface area is 236 Å². The molecule has 0 saturated heterocycles. The van der Waals surface area contributed by atoms with Crippen LogP contribution in [-0.4, -0.2) is 7.85 Å². The van der Waals surface area contributed by atoms with Gasteiger partial charge in [0.15, 0.2) is 0 Å². The number of benzene rings is 7. The summed E-state index contributed by atoms with van der Waals surface area (Å²) in [4.78, 5) is 2.37. The molecule has 0 N–H and O–H groups in total. The quantitative estimate of drug-likeness (QED) is 0.165. The zero-order chi connectivity index (χ0) is 26.9. The van der Waals surface area contributed by atoms with Gasteiger partial charge in [-0.25, -0.2) is 0 Å². The molecule has 7 rings (SSSR count). The average Bonchev–Trinajstić information content (AvgIpc) is 3.03. The summed E-state index contributed by atoms with van der Waals surface area (Å²) in [6, 6.07) is 56.8. The second-order valence-electron chi connectivity index (χ2n) is 10.3. The first-order valence-corrected chi connectivity index (χ1v) is 13.8. The summed E-state index contributed by atoms with van der Waals surface area (Å²) >= 11 is 0. The molecule has 0 atom stereocenters. The number of fused-ring (bicyclic) bond motifs is 3. The zero-order valence-electron chi connectivity index (χ0n) is 22.5. The molecule has 0 aromatic heterocycles. The molecule has 0 amide bonds. The second kappa shape index (κ2) is 10.2. The van der Waals surface area contributed by atoms with Gasteiger partial charge in [-0.3, -0.25) is 0 Å². The van der Waals surface area contributed by atoms with E-state index >= 15 is 0 Å². The topological polar surface area (TPSA) is 3.24 Å². The predicted molar refractivity (Wildman–Crippen MR) is 175 cm³/mol. The Morgan fingerprint density at radius 1 is 0.400 bits per heavy atom. The van der Waals surface area contributed by atoms with Gasteiger partial charge in [0.1, 0.15) is 7.85 Å². The summed E-state index contributed by atoms with van der Waals surface area (Å²) in [5.41, 5.74) is 9.54. The highest BCUT2D eigenvalue weighted by atomic mass is 15.1. The third-order valence-corrected chi connectivity index (χ3v) is 7.73. The van der Waals surface area contributed by atoms with Crippen LogP contribution < -0.4 is 10.4 Å². The number of para-hydroxylation sites is 1. The maximum atomic E-state index is 2.37. The van der Waals surface area contributed by atoms with Gasteiger partial charge in [-0.15, -0.1) is 0 Å². The van der Waals surface area contributed by atoms with Gasteiger partial charge in [0.25, 0.3) is 0 Å². The van der Waals surface area contributed by atoms with E-state index in [9.17, 15) is 0 Å². The van der Waals surface area contributed by atoms with Gasteiger partial charge < -0.3 is 4.90 Å². The fourth-order valence-electron chi connectivity index (χ4n) is 5.73. The third kappa shape index (κ3) is 4.34. The van der Waals surface area contributed by atoms with Crippen molar-refractivity contribution in [3.8, 4) is 22.3 Å². The first kappa shape index (κ1) is 24.0. The predicted octanol–water partition coefficient (Wildman–Crippen LogP) is 9.06. The van der Waals surface area contributed by atoms with Gasteiger partial charge in [-0.2, -0.15) is 0 Å². The summed E-state index contributed by atoms with van der Waals surface area (Å²) in [6.45, 7) is 0. The maximum absolute atomic E-state index is 2.37. The summed E-state index contributed by atoms with van der Waals surface area (Å²) in [7, 11) is 2.13. The highest BCUT2D eigenvalue weighted by molar-refractivity contribution is 6.32. The second-order valence-corrected chi connectivity index (χ2v) is 10.3. The SMILES string of the molecule is Bc1ccc(N(c2ccc(-c3cc4ccccc4c4ccccc34)cc2)c2ccccc2-c2ccccc2)cc1. The van der Waals surface area contributed by atoms with E-state index in [0.29, 0.717) is 0 Å². The number of hydrogen-bond acceptors (Lipinski definition) is 1. The van der Waals surface area contributed by atoms with Crippen LogP contribution >= 0.6 is 0 Å². The first-order valence-electron chi connectivity index (χ1n) is 13.8. The van der Waals surface area contributed by atoms with E-state index in [2.05, 4.69) is 170 Å². The number of anilines is 3. The van der Waals surface area contributed by atoms with E-state index in [1.807, 2.05) is 0 Å². The fraction of sp³-hybridized carbons (Fsp3) is 0. The Morgan fingerprint density at radius 2 is 0.950 bits per heavy atom. The maximum Gasteiger partial charge on any atom is 0.139 e. The molecule has 0 aliphatic rings. The summed E-state index contributed by atoms with van der Waals surface area (Å²) in [5, 5.41) is 5.12. The van der Waals surface area contributed by atoms with Crippen LogP contribution in [0.15, 0.2) is 158 Å². The van der Waals surface area contributed by atoms with Gasteiger partial charge in [0.2, 0.25) is 0 Å². The van der Waals surface area contributed by atoms with Crippen LogP contribution in [0, 0.1) is 0 Å². The molecule has 0 fully saturated rings. The lowest BCUT2D eigenvalue weighted by atomic mass is 9.93. The normalized spacial score (nSPS) is 11.1. The van der Waals surface area contributed by atoms with Crippen LogP contribution in [0.2, 0.25) is 0 Å². The summed E-state index contributed by atoms with van der Waals surface area (Å²) in [5.74, 6) is 0. The molecule has 0 heterocycles. The van der Waals surface area contributed by atoms with Crippen molar-refractivity contribution >= 4 is 51.9 Å². The van der Waals surface area contributed by atoms with Gasteiger partial charge >= 0.3 is 0 Å². The Hall–Kier alpha value is -5.08. The van der Waals surface area contributed by atoms with Crippen LogP contribution in [0.3, 0.4) is 0 Å². The van der Waals surface area contributed by atoms with E-state index in [1.165, 1.54) is 49.3 Å². The highest BCUT2D eigenvalue weighted by Gasteiger charge is 2.17. The molecular weight excluding hydrogens is 481 g/mol. The Bertz CT molecular complexity index is 1940. The van der Waals surface area contributed by atoms with Crippen molar-refractivity contribution in [2.75, 3.05) is 4.90 Å². The molecule has 188 valence electrons. The third-order valence-electron chi connectivity index (χ3n) is 7.73. The van der Waals surface area contributed by atoms with Crippen LogP contribution in [0.25, 0.3) is 43.8 Å². The molecule has 0 aliphatic heterocycles. The van der Waals surface area contributed by atoms with Crippen molar-refractivity contribution in [1.82, 2.24) is 0 Å². The van der Waals surface area contributed by atoms with Gasteiger partial charge in [-0.1, -0.05) is 127 Å². The minimum absolute atomic E-state index is 1.13. The highest BCUT2D eigenvalue weighted by Crippen LogP contribution is 2.42. The fourth-order valence-corrected chi connectivity index (χ4v) is 5.73. The molecule has 2 heteroatoms. The molecule has 1 nitrogen and oxygen atoms in total. The van der Waals surface area contributed by atoms with Crippen molar-refractivity contribution < 1.29 is 0 Å². The van der Waals surface area contributed by atoms with E-state index < -0.39 is 0 Å². The van der Waals surface area contributed by atoms with Crippen LogP contribution in [-0.2, 0) is 0 Å². The number of hydrogen-bond donors (Lipinski definition) is 0. The minimum Gasteiger partial charge on any atom is -0.310 e. The van der Waals surface area contributed by atoms with E-state index in [0.717, 1.165) is 17.1 Å². The monoisotopic (exact) mass is 509 g/mol. The molecule has 40 heavy (non-hydrogen) atoms. The molecule has 0 radical (unpaired) electrons.